The van der Waals surface area contributed by atoms with Crippen LogP contribution < -0.4 is 10.5 Å². The molecule has 102 valence electrons. The molecule has 1 aromatic carbocycles. The van der Waals surface area contributed by atoms with Crippen molar-refractivity contribution in [3.63, 3.8) is 0 Å². The van der Waals surface area contributed by atoms with E-state index >= 15 is 0 Å². The fourth-order valence-electron chi connectivity index (χ4n) is 1.45. The van der Waals surface area contributed by atoms with Crippen LogP contribution in [0.15, 0.2) is 17.0 Å². The number of anilines is 1. The molecule has 0 heterocycles. The van der Waals surface area contributed by atoms with Crippen molar-refractivity contribution in [3.8, 4) is 0 Å². The zero-order chi connectivity index (χ0) is 13.9. The summed E-state index contributed by atoms with van der Waals surface area (Å²) < 4.78 is 39.9. The van der Waals surface area contributed by atoms with E-state index in [-0.39, 0.29) is 22.2 Å². The van der Waals surface area contributed by atoms with Gasteiger partial charge in [-0.25, -0.2) is 17.5 Å². The first-order valence-electron chi connectivity index (χ1n) is 5.35. The van der Waals surface area contributed by atoms with Gasteiger partial charge >= 0.3 is 0 Å². The Bertz CT molecular complexity index is 509. The Morgan fingerprint density at radius 1 is 1.50 bits per heavy atom. The molecule has 1 rings (SSSR count). The van der Waals surface area contributed by atoms with Crippen LogP contribution in [0.4, 0.5) is 10.1 Å². The average molecular weight is 292 g/mol. The summed E-state index contributed by atoms with van der Waals surface area (Å²) in [6, 6.07) is 2.03. The first kappa shape index (κ1) is 15.3. The fourth-order valence-corrected chi connectivity index (χ4v) is 3.42. The van der Waals surface area contributed by atoms with E-state index in [0.29, 0.717) is 5.75 Å². The van der Waals surface area contributed by atoms with Gasteiger partial charge in [-0.05, 0) is 32.2 Å². The summed E-state index contributed by atoms with van der Waals surface area (Å²) >= 11 is 1.53. The van der Waals surface area contributed by atoms with Crippen molar-refractivity contribution in [2.75, 3.05) is 17.7 Å². The van der Waals surface area contributed by atoms with Gasteiger partial charge in [0.25, 0.3) is 0 Å². The van der Waals surface area contributed by atoms with Crippen molar-refractivity contribution in [3.05, 3.63) is 23.5 Å². The number of nitrogens with two attached hydrogens (primary N) is 1. The van der Waals surface area contributed by atoms with Crippen LogP contribution in [-0.2, 0) is 10.0 Å². The van der Waals surface area contributed by atoms with Crippen LogP contribution in [0.25, 0.3) is 0 Å². The van der Waals surface area contributed by atoms with Crippen LogP contribution in [0.2, 0.25) is 0 Å². The number of halogens is 1. The molecule has 0 saturated carbocycles. The number of nitrogens with one attached hydrogen (secondary N) is 1. The van der Waals surface area contributed by atoms with Crippen LogP contribution >= 0.6 is 11.8 Å². The number of benzene rings is 1. The third-order valence-electron chi connectivity index (χ3n) is 2.44. The van der Waals surface area contributed by atoms with Crippen molar-refractivity contribution in [2.45, 2.75) is 24.8 Å². The van der Waals surface area contributed by atoms with Crippen molar-refractivity contribution < 1.29 is 12.8 Å². The Balaban J connectivity index is 3.06. The molecule has 0 fully saturated rings. The molecule has 0 spiro atoms. The smallest absolute Gasteiger partial charge is 0.241 e. The second-order valence-electron chi connectivity index (χ2n) is 4.10. The largest absolute Gasteiger partial charge is 0.398 e. The number of thioether (sulfide) groups is 1. The molecule has 1 atom stereocenters. The monoisotopic (exact) mass is 292 g/mol. The molecule has 3 N–H and O–H groups in total. The van der Waals surface area contributed by atoms with Gasteiger partial charge in [0.1, 0.15) is 5.82 Å². The van der Waals surface area contributed by atoms with Gasteiger partial charge in [-0.15, -0.1) is 0 Å². The fraction of sp³-hybridized carbons (Fsp3) is 0.455. The lowest BCUT2D eigenvalue weighted by Gasteiger charge is -2.14. The Morgan fingerprint density at radius 2 is 2.11 bits per heavy atom. The van der Waals surface area contributed by atoms with Gasteiger partial charge in [0.15, 0.2) is 0 Å². The summed E-state index contributed by atoms with van der Waals surface area (Å²) in [6.45, 7) is 3.26. The molecule has 0 aliphatic carbocycles. The molecule has 0 aliphatic rings. The lowest BCUT2D eigenvalue weighted by atomic mass is 10.2. The molecule has 0 aromatic heterocycles. The van der Waals surface area contributed by atoms with Crippen LogP contribution in [0.5, 0.6) is 0 Å². The van der Waals surface area contributed by atoms with Crippen molar-refractivity contribution >= 4 is 27.5 Å². The number of hydrogen-bond donors (Lipinski definition) is 2. The van der Waals surface area contributed by atoms with E-state index in [1.165, 1.54) is 24.8 Å². The molecule has 1 unspecified atom stereocenters. The summed E-state index contributed by atoms with van der Waals surface area (Å²) in [5, 5.41) is 0. The molecule has 0 aliphatic heterocycles. The Labute approximate surface area is 111 Å². The first-order valence-corrected chi connectivity index (χ1v) is 8.22. The summed E-state index contributed by atoms with van der Waals surface area (Å²) in [7, 11) is -3.73. The van der Waals surface area contributed by atoms with E-state index in [9.17, 15) is 12.8 Å². The van der Waals surface area contributed by atoms with Crippen molar-refractivity contribution in [2.24, 2.45) is 0 Å². The zero-order valence-electron chi connectivity index (χ0n) is 10.5. The summed E-state index contributed by atoms with van der Waals surface area (Å²) in [5.74, 6) is 0.0242. The maximum Gasteiger partial charge on any atom is 0.241 e. The highest BCUT2D eigenvalue weighted by molar-refractivity contribution is 7.98. The van der Waals surface area contributed by atoms with Crippen molar-refractivity contribution in [1.82, 2.24) is 4.72 Å². The minimum absolute atomic E-state index is 0.132. The Hall–Kier alpha value is -0.790. The predicted octanol–water partition coefficient (Wildman–Crippen LogP) is 1.75. The van der Waals surface area contributed by atoms with Crippen LogP contribution in [0.3, 0.4) is 0 Å². The molecular weight excluding hydrogens is 275 g/mol. The van der Waals surface area contributed by atoms with Gasteiger partial charge in [-0.2, -0.15) is 11.8 Å². The molecule has 0 saturated heterocycles. The highest BCUT2D eigenvalue weighted by Crippen LogP contribution is 2.21. The van der Waals surface area contributed by atoms with E-state index < -0.39 is 15.8 Å². The second-order valence-corrected chi connectivity index (χ2v) is 6.72. The van der Waals surface area contributed by atoms with Gasteiger partial charge < -0.3 is 5.73 Å². The number of rotatable bonds is 5. The van der Waals surface area contributed by atoms with E-state index in [1.54, 1.807) is 6.92 Å². The summed E-state index contributed by atoms with van der Waals surface area (Å²) in [4.78, 5) is -0.143. The SMILES string of the molecule is CSCC(C)NS(=O)(=O)c1cc(N)c(C)c(F)c1. The zero-order valence-corrected chi connectivity index (χ0v) is 12.2. The maximum atomic E-state index is 13.5. The van der Waals surface area contributed by atoms with E-state index in [4.69, 9.17) is 5.73 Å². The highest BCUT2D eigenvalue weighted by Gasteiger charge is 2.19. The van der Waals surface area contributed by atoms with Gasteiger partial charge in [-0.3, -0.25) is 0 Å². The first-order chi connectivity index (χ1) is 8.27. The molecule has 0 amide bonds. The van der Waals surface area contributed by atoms with Crippen molar-refractivity contribution in [1.29, 1.82) is 0 Å². The minimum atomic E-state index is -3.73. The molecule has 18 heavy (non-hydrogen) atoms. The van der Waals surface area contributed by atoms with Gasteiger partial charge in [0.05, 0.1) is 4.90 Å². The lowest BCUT2D eigenvalue weighted by Crippen LogP contribution is -2.34. The third kappa shape index (κ3) is 3.60. The van der Waals surface area contributed by atoms with Crippen LogP contribution in [-0.4, -0.2) is 26.5 Å². The highest BCUT2D eigenvalue weighted by atomic mass is 32.2. The molecule has 0 radical (unpaired) electrons. The Morgan fingerprint density at radius 3 is 2.61 bits per heavy atom. The van der Waals surface area contributed by atoms with Gasteiger partial charge in [0.2, 0.25) is 10.0 Å². The standard InChI is InChI=1S/C11H17FN2O2S2/c1-7(6-17-3)14-18(15,16)9-4-10(12)8(2)11(13)5-9/h4-5,7,14H,6,13H2,1-3H3. The molecule has 7 heteroatoms. The Kier molecular flexibility index (Phi) is 5.01. The van der Waals surface area contributed by atoms with Gasteiger partial charge in [0, 0.05) is 23.0 Å². The average Bonchev–Trinajstić information content (AvgIpc) is 2.24. The predicted molar refractivity (Wildman–Crippen MR) is 73.7 cm³/mol. The maximum absolute atomic E-state index is 13.5. The summed E-state index contributed by atoms with van der Waals surface area (Å²) in [6.07, 6.45) is 1.88. The third-order valence-corrected chi connectivity index (χ3v) is 4.84. The van der Waals surface area contributed by atoms with E-state index in [0.717, 1.165) is 6.07 Å². The second kappa shape index (κ2) is 5.90. The molecular formula is C11H17FN2O2S2. The van der Waals surface area contributed by atoms with E-state index in [1.807, 2.05) is 6.26 Å². The quantitative estimate of drug-likeness (QED) is 0.811. The number of nitrogen functional groups attached to an aromatic ring is 1. The molecule has 4 nitrogen and oxygen atoms in total. The van der Waals surface area contributed by atoms with E-state index in [2.05, 4.69) is 4.72 Å². The number of hydrogen-bond acceptors (Lipinski definition) is 4. The van der Waals surface area contributed by atoms with Gasteiger partial charge in [-0.1, -0.05) is 0 Å². The van der Waals surface area contributed by atoms with Crippen LogP contribution in [0.1, 0.15) is 12.5 Å². The number of sulfonamides is 1. The molecule has 0 bridgehead atoms. The minimum Gasteiger partial charge on any atom is -0.398 e. The molecule has 1 aromatic rings. The lowest BCUT2D eigenvalue weighted by molar-refractivity contribution is 0.567. The van der Waals surface area contributed by atoms with Crippen LogP contribution in [0, 0.1) is 12.7 Å². The summed E-state index contributed by atoms with van der Waals surface area (Å²) in [5.41, 5.74) is 5.96. The topological polar surface area (TPSA) is 72.2 Å². The normalized spacial score (nSPS) is 13.6.